The van der Waals surface area contributed by atoms with Crippen LogP contribution in [0, 0.1) is 0 Å². The second kappa shape index (κ2) is 8.09. The molecule has 0 amide bonds. The molecule has 1 aromatic carbocycles. The Morgan fingerprint density at radius 3 is 2.68 bits per heavy atom. The van der Waals surface area contributed by atoms with Crippen LogP contribution in [-0.2, 0) is 17.4 Å². The van der Waals surface area contributed by atoms with Crippen molar-refractivity contribution in [1.29, 1.82) is 0 Å². The lowest BCUT2D eigenvalue weighted by molar-refractivity contribution is -0.143. The molecular formula is C20H20ClF3N2O2. The van der Waals surface area contributed by atoms with E-state index in [0.29, 0.717) is 25.1 Å². The van der Waals surface area contributed by atoms with Crippen LogP contribution in [0.25, 0.3) is 0 Å². The number of hydrogen-bond donors (Lipinski definition) is 1. The minimum Gasteiger partial charge on any atom is -0.480 e. The molecule has 2 unspecified atom stereocenters. The number of nitrogens with zero attached hydrogens (tertiary/aromatic N) is 2. The third-order valence-corrected chi connectivity index (χ3v) is 5.41. The first-order valence-corrected chi connectivity index (χ1v) is 9.40. The van der Waals surface area contributed by atoms with Gasteiger partial charge >= 0.3 is 12.1 Å². The number of carbonyl (C=O) groups is 1. The number of aromatic nitrogens is 1. The molecule has 1 aliphatic rings. The summed E-state index contributed by atoms with van der Waals surface area (Å²) in [6.07, 6.45) is -1.04. The average molecular weight is 413 g/mol. The first kappa shape index (κ1) is 20.6. The number of rotatable bonds is 5. The van der Waals surface area contributed by atoms with E-state index in [4.69, 9.17) is 11.6 Å². The Hall–Kier alpha value is -2.12. The fourth-order valence-electron chi connectivity index (χ4n) is 3.61. The van der Waals surface area contributed by atoms with Gasteiger partial charge < -0.3 is 5.11 Å². The molecule has 8 heteroatoms. The largest absolute Gasteiger partial charge is 0.480 e. The smallest absolute Gasteiger partial charge is 0.416 e. The molecule has 2 atom stereocenters. The van der Waals surface area contributed by atoms with Crippen LogP contribution in [0.1, 0.15) is 48.2 Å². The highest BCUT2D eigenvalue weighted by Gasteiger charge is 2.39. The van der Waals surface area contributed by atoms with Gasteiger partial charge in [-0.2, -0.15) is 13.2 Å². The van der Waals surface area contributed by atoms with Crippen LogP contribution in [0.4, 0.5) is 13.2 Å². The molecular weight excluding hydrogens is 393 g/mol. The number of alkyl halides is 3. The third-order valence-electron chi connectivity index (χ3n) is 5.06. The SMILES string of the molecule is CCc1ccc(C(c2cc(C(F)(F)F)ccc2Cl)N2CCCC2C(=O)O)nc1. The molecule has 0 spiro atoms. The van der Waals surface area contributed by atoms with Gasteiger partial charge in [0.25, 0.3) is 0 Å². The van der Waals surface area contributed by atoms with Crippen molar-refractivity contribution in [2.45, 2.75) is 44.4 Å². The maximum absolute atomic E-state index is 13.3. The second-order valence-corrected chi connectivity index (χ2v) is 7.22. The maximum Gasteiger partial charge on any atom is 0.416 e. The van der Waals surface area contributed by atoms with Crippen molar-refractivity contribution < 1.29 is 23.1 Å². The Kier molecular flexibility index (Phi) is 5.95. The summed E-state index contributed by atoms with van der Waals surface area (Å²) in [6, 6.07) is 5.14. The van der Waals surface area contributed by atoms with E-state index in [1.165, 1.54) is 6.07 Å². The van der Waals surface area contributed by atoms with Gasteiger partial charge in [-0.3, -0.25) is 14.7 Å². The van der Waals surface area contributed by atoms with Crippen LogP contribution in [0.2, 0.25) is 5.02 Å². The number of carboxylic acids is 1. The molecule has 1 N–H and O–H groups in total. The third kappa shape index (κ3) is 4.15. The number of pyridine rings is 1. The Bertz CT molecular complexity index is 856. The van der Waals surface area contributed by atoms with Gasteiger partial charge in [-0.1, -0.05) is 24.6 Å². The lowest BCUT2D eigenvalue weighted by Crippen LogP contribution is -2.39. The normalized spacial score (nSPS) is 19.0. The van der Waals surface area contributed by atoms with Crippen molar-refractivity contribution in [3.63, 3.8) is 0 Å². The van der Waals surface area contributed by atoms with Crippen molar-refractivity contribution in [3.8, 4) is 0 Å². The van der Waals surface area contributed by atoms with Crippen LogP contribution in [0.3, 0.4) is 0 Å². The van der Waals surface area contributed by atoms with Crippen LogP contribution in [0.15, 0.2) is 36.5 Å². The van der Waals surface area contributed by atoms with E-state index >= 15 is 0 Å². The molecule has 1 aliphatic heterocycles. The van der Waals surface area contributed by atoms with E-state index in [1.54, 1.807) is 17.2 Å². The molecule has 0 bridgehead atoms. The fourth-order valence-corrected chi connectivity index (χ4v) is 3.83. The van der Waals surface area contributed by atoms with Gasteiger partial charge in [0.15, 0.2) is 0 Å². The van der Waals surface area contributed by atoms with Gasteiger partial charge in [-0.05, 0) is 54.7 Å². The summed E-state index contributed by atoms with van der Waals surface area (Å²) in [5, 5.41) is 9.74. The van der Waals surface area contributed by atoms with E-state index < -0.39 is 29.8 Å². The lowest BCUT2D eigenvalue weighted by Gasteiger charge is -2.32. The molecule has 0 radical (unpaired) electrons. The van der Waals surface area contributed by atoms with Crippen LogP contribution < -0.4 is 0 Å². The van der Waals surface area contributed by atoms with Crippen molar-refractivity contribution >= 4 is 17.6 Å². The number of likely N-dealkylation sites (tertiary alicyclic amines) is 1. The number of carboxylic acid groups (broad SMARTS) is 1. The molecule has 2 heterocycles. The first-order valence-electron chi connectivity index (χ1n) is 9.02. The highest BCUT2D eigenvalue weighted by Crippen LogP contribution is 2.40. The molecule has 150 valence electrons. The number of halogens is 4. The molecule has 0 aliphatic carbocycles. The Balaban J connectivity index is 2.15. The van der Waals surface area contributed by atoms with Gasteiger partial charge in [0.2, 0.25) is 0 Å². The molecule has 3 rings (SSSR count). The summed E-state index contributed by atoms with van der Waals surface area (Å²) in [7, 11) is 0. The molecule has 1 aromatic heterocycles. The average Bonchev–Trinajstić information content (AvgIpc) is 3.13. The van der Waals surface area contributed by atoms with Gasteiger partial charge in [-0.25, -0.2) is 0 Å². The fraction of sp³-hybridized carbons (Fsp3) is 0.400. The summed E-state index contributed by atoms with van der Waals surface area (Å²) in [5.74, 6) is -1.00. The quantitative estimate of drug-likeness (QED) is 0.754. The Morgan fingerprint density at radius 1 is 1.36 bits per heavy atom. The predicted octanol–water partition coefficient (Wildman–Crippen LogP) is 4.95. The Morgan fingerprint density at radius 2 is 2.11 bits per heavy atom. The van der Waals surface area contributed by atoms with E-state index in [0.717, 1.165) is 24.1 Å². The van der Waals surface area contributed by atoms with E-state index in [2.05, 4.69) is 4.98 Å². The van der Waals surface area contributed by atoms with Crippen molar-refractivity contribution in [3.05, 3.63) is 63.9 Å². The number of benzene rings is 1. The second-order valence-electron chi connectivity index (χ2n) is 6.82. The van der Waals surface area contributed by atoms with Crippen LogP contribution in [0.5, 0.6) is 0 Å². The minimum absolute atomic E-state index is 0.149. The van der Waals surface area contributed by atoms with Crippen molar-refractivity contribution in [2.75, 3.05) is 6.54 Å². The molecule has 1 fully saturated rings. The van der Waals surface area contributed by atoms with Crippen LogP contribution >= 0.6 is 11.6 Å². The summed E-state index contributed by atoms with van der Waals surface area (Å²) >= 11 is 6.29. The zero-order valence-electron chi connectivity index (χ0n) is 15.2. The maximum atomic E-state index is 13.3. The van der Waals surface area contributed by atoms with Gasteiger partial charge in [0.1, 0.15) is 6.04 Å². The van der Waals surface area contributed by atoms with E-state index in [1.807, 2.05) is 13.0 Å². The zero-order chi connectivity index (χ0) is 20.5. The predicted molar refractivity (Wildman–Crippen MR) is 99.3 cm³/mol. The van der Waals surface area contributed by atoms with Crippen molar-refractivity contribution in [2.24, 2.45) is 0 Å². The summed E-state index contributed by atoms with van der Waals surface area (Å²) < 4.78 is 39.8. The highest BCUT2D eigenvalue weighted by atomic mass is 35.5. The summed E-state index contributed by atoms with van der Waals surface area (Å²) in [5.41, 5.74) is 0.843. The molecule has 0 saturated carbocycles. The first-order chi connectivity index (χ1) is 13.2. The van der Waals surface area contributed by atoms with Gasteiger partial charge in [-0.15, -0.1) is 0 Å². The van der Waals surface area contributed by atoms with E-state index in [9.17, 15) is 23.1 Å². The molecule has 1 saturated heterocycles. The van der Waals surface area contributed by atoms with Crippen LogP contribution in [-0.4, -0.2) is 33.5 Å². The number of hydrogen-bond acceptors (Lipinski definition) is 3. The molecule has 2 aromatic rings. The number of aryl methyl sites for hydroxylation is 1. The summed E-state index contributed by atoms with van der Waals surface area (Å²) in [6.45, 7) is 2.41. The van der Waals surface area contributed by atoms with Crippen molar-refractivity contribution in [1.82, 2.24) is 9.88 Å². The number of aliphatic carboxylic acids is 1. The van der Waals surface area contributed by atoms with Gasteiger partial charge in [0.05, 0.1) is 17.3 Å². The van der Waals surface area contributed by atoms with Gasteiger partial charge in [0, 0.05) is 17.8 Å². The minimum atomic E-state index is -4.53. The monoisotopic (exact) mass is 412 g/mol. The zero-order valence-corrected chi connectivity index (χ0v) is 16.0. The molecule has 28 heavy (non-hydrogen) atoms. The highest BCUT2D eigenvalue weighted by molar-refractivity contribution is 6.31. The standard InChI is InChI=1S/C20H20ClF3N2O2/c1-2-12-5-8-16(25-11-12)18(26-9-3-4-17(26)19(27)28)14-10-13(20(22,23)24)6-7-15(14)21/h5-8,10-11,17-18H,2-4,9H2,1H3,(H,27,28). The topological polar surface area (TPSA) is 53.4 Å². The lowest BCUT2D eigenvalue weighted by atomic mass is 9.97. The van der Waals surface area contributed by atoms with E-state index in [-0.39, 0.29) is 10.6 Å². The molecule has 4 nitrogen and oxygen atoms in total. The Labute approximate surface area is 166 Å². The summed E-state index contributed by atoms with van der Waals surface area (Å²) in [4.78, 5) is 17.8.